The van der Waals surface area contributed by atoms with E-state index in [1.165, 1.54) is 26.2 Å². The Labute approximate surface area is 87.4 Å². The second-order valence-electron chi connectivity index (χ2n) is 2.93. The number of ether oxygens (including phenoxy) is 1. The highest BCUT2D eigenvalue weighted by atomic mass is 16.5. The summed E-state index contributed by atoms with van der Waals surface area (Å²) in [5.41, 5.74) is 6.66. The molecule has 0 fully saturated rings. The number of carbonyl (C=O) groups excluding carboxylic acids is 1. The summed E-state index contributed by atoms with van der Waals surface area (Å²) in [5, 5.41) is 11.3. The first kappa shape index (κ1) is 10.9. The van der Waals surface area contributed by atoms with E-state index < -0.39 is 0 Å². The first-order valence-electron chi connectivity index (χ1n) is 4.23. The van der Waals surface area contributed by atoms with Crippen molar-refractivity contribution in [2.24, 2.45) is 0 Å². The summed E-state index contributed by atoms with van der Waals surface area (Å²) in [5.74, 6) is 0.198. The van der Waals surface area contributed by atoms with Crippen LogP contribution in [0.5, 0.6) is 5.75 Å². The summed E-state index contributed by atoms with van der Waals surface area (Å²) in [6.07, 6.45) is 0. The maximum Gasteiger partial charge on any atom is 0.221 e. The van der Waals surface area contributed by atoms with Crippen LogP contribution in [0.4, 0.5) is 11.4 Å². The summed E-state index contributed by atoms with van der Waals surface area (Å²) < 4.78 is 5.02. The Morgan fingerprint density at radius 2 is 2.27 bits per heavy atom. The third-order valence-corrected chi connectivity index (χ3v) is 1.80. The topological polar surface area (TPSA) is 88.1 Å². The minimum Gasteiger partial charge on any atom is -0.494 e. The summed E-state index contributed by atoms with van der Waals surface area (Å²) in [4.78, 5) is 10.9. The molecule has 0 unspecified atom stereocenters. The van der Waals surface area contributed by atoms with Crippen LogP contribution in [0.1, 0.15) is 12.5 Å². The summed E-state index contributed by atoms with van der Waals surface area (Å²) in [6, 6.07) is 4.91. The summed E-state index contributed by atoms with van der Waals surface area (Å²) in [7, 11) is 1.46. The number of hydrogen-bond donors (Lipinski definition) is 2. The van der Waals surface area contributed by atoms with Gasteiger partial charge in [-0.1, -0.05) is 0 Å². The Bertz CT molecular complexity index is 435. The van der Waals surface area contributed by atoms with Gasteiger partial charge >= 0.3 is 0 Å². The number of anilines is 2. The summed E-state index contributed by atoms with van der Waals surface area (Å²) >= 11 is 0. The number of methoxy groups -OCH3 is 1. The van der Waals surface area contributed by atoms with Gasteiger partial charge in [-0.15, -0.1) is 0 Å². The summed E-state index contributed by atoms with van der Waals surface area (Å²) in [6.45, 7) is 1.38. The molecule has 3 N–H and O–H groups in total. The normalized spacial score (nSPS) is 9.13. The van der Waals surface area contributed by atoms with Gasteiger partial charge in [-0.05, 0) is 6.07 Å². The Morgan fingerprint density at radius 3 is 2.73 bits per heavy atom. The van der Waals surface area contributed by atoms with E-state index in [9.17, 15) is 4.79 Å². The van der Waals surface area contributed by atoms with Crippen LogP contribution >= 0.6 is 0 Å². The fourth-order valence-corrected chi connectivity index (χ4v) is 1.15. The first-order valence-corrected chi connectivity index (χ1v) is 4.23. The number of carbonyl (C=O) groups is 1. The van der Waals surface area contributed by atoms with E-state index in [-0.39, 0.29) is 5.91 Å². The second-order valence-corrected chi connectivity index (χ2v) is 2.93. The number of nitriles is 1. The van der Waals surface area contributed by atoms with Gasteiger partial charge in [0.1, 0.15) is 11.8 Å². The van der Waals surface area contributed by atoms with E-state index in [2.05, 4.69) is 5.32 Å². The molecule has 0 aliphatic carbocycles. The van der Waals surface area contributed by atoms with E-state index in [1.54, 1.807) is 0 Å². The third-order valence-electron chi connectivity index (χ3n) is 1.80. The predicted octanol–water partition coefficient (Wildman–Crippen LogP) is 1.11. The molecular weight excluding hydrogens is 194 g/mol. The van der Waals surface area contributed by atoms with Crippen molar-refractivity contribution in [3.8, 4) is 11.8 Å². The van der Waals surface area contributed by atoms with Gasteiger partial charge in [0, 0.05) is 13.0 Å². The van der Waals surface area contributed by atoms with Crippen LogP contribution in [0.3, 0.4) is 0 Å². The average molecular weight is 205 g/mol. The van der Waals surface area contributed by atoms with Gasteiger partial charge in [0.05, 0.1) is 24.0 Å². The minimum absolute atomic E-state index is 0.234. The van der Waals surface area contributed by atoms with Gasteiger partial charge in [-0.2, -0.15) is 5.26 Å². The quantitative estimate of drug-likeness (QED) is 0.708. The molecule has 1 aromatic rings. The monoisotopic (exact) mass is 205 g/mol. The van der Waals surface area contributed by atoms with Crippen molar-refractivity contribution in [1.82, 2.24) is 0 Å². The molecular formula is C10H11N3O2. The minimum atomic E-state index is -0.234. The second kappa shape index (κ2) is 4.33. The third kappa shape index (κ3) is 2.38. The Hall–Kier alpha value is -2.22. The molecule has 0 aliphatic rings. The lowest BCUT2D eigenvalue weighted by Gasteiger charge is -2.10. The lowest BCUT2D eigenvalue weighted by Crippen LogP contribution is -2.08. The predicted molar refractivity (Wildman–Crippen MR) is 56.4 cm³/mol. The Morgan fingerprint density at radius 1 is 1.60 bits per heavy atom. The standard InChI is InChI=1S/C10H11N3O2/c1-6(14)13-9-3-7(5-11)8(12)4-10(9)15-2/h3-4H,12H2,1-2H3,(H,13,14). The number of benzene rings is 1. The number of nitrogen functional groups attached to an aromatic ring is 1. The van der Waals surface area contributed by atoms with E-state index in [1.807, 2.05) is 6.07 Å². The van der Waals surface area contributed by atoms with Crippen molar-refractivity contribution in [3.05, 3.63) is 17.7 Å². The van der Waals surface area contributed by atoms with E-state index >= 15 is 0 Å². The smallest absolute Gasteiger partial charge is 0.221 e. The van der Waals surface area contributed by atoms with Crippen molar-refractivity contribution in [2.45, 2.75) is 6.92 Å². The Kier molecular flexibility index (Phi) is 3.13. The molecule has 0 aromatic heterocycles. The number of nitrogens with two attached hydrogens (primary N) is 1. The zero-order valence-corrected chi connectivity index (χ0v) is 8.50. The first-order chi connectivity index (χ1) is 7.08. The molecule has 0 atom stereocenters. The lowest BCUT2D eigenvalue weighted by molar-refractivity contribution is -0.114. The highest BCUT2D eigenvalue weighted by Gasteiger charge is 2.09. The van der Waals surface area contributed by atoms with E-state index in [0.717, 1.165) is 0 Å². The molecule has 0 heterocycles. The Balaban J connectivity index is 3.23. The van der Waals surface area contributed by atoms with Crippen LogP contribution in [0.15, 0.2) is 12.1 Å². The van der Waals surface area contributed by atoms with Gasteiger partial charge in [0.2, 0.25) is 5.91 Å². The fraction of sp³-hybridized carbons (Fsp3) is 0.200. The largest absolute Gasteiger partial charge is 0.494 e. The van der Waals surface area contributed by atoms with Crippen molar-refractivity contribution in [3.63, 3.8) is 0 Å². The number of nitrogens with one attached hydrogen (secondary N) is 1. The van der Waals surface area contributed by atoms with Crippen LogP contribution in [0.25, 0.3) is 0 Å². The zero-order chi connectivity index (χ0) is 11.4. The molecule has 5 heteroatoms. The zero-order valence-electron chi connectivity index (χ0n) is 8.50. The van der Waals surface area contributed by atoms with Crippen LogP contribution in [0, 0.1) is 11.3 Å². The molecule has 15 heavy (non-hydrogen) atoms. The van der Waals surface area contributed by atoms with Crippen LogP contribution in [0.2, 0.25) is 0 Å². The van der Waals surface area contributed by atoms with Gasteiger partial charge in [0.25, 0.3) is 0 Å². The average Bonchev–Trinajstić information content (AvgIpc) is 2.19. The maximum atomic E-state index is 10.9. The van der Waals surface area contributed by atoms with Crippen molar-refractivity contribution in [2.75, 3.05) is 18.2 Å². The fourth-order valence-electron chi connectivity index (χ4n) is 1.15. The van der Waals surface area contributed by atoms with Crippen molar-refractivity contribution >= 4 is 17.3 Å². The van der Waals surface area contributed by atoms with Crippen molar-refractivity contribution in [1.29, 1.82) is 5.26 Å². The SMILES string of the molecule is COc1cc(N)c(C#N)cc1NC(C)=O. The number of nitrogens with zero attached hydrogens (tertiary/aromatic N) is 1. The van der Waals surface area contributed by atoms with Gasteiger partial charge in [-0.25, -0.2) is 0 Å². The molecule has 0 bridgehead atoms. The molecule has 0 saturated heterocycles. The maximum absolute atomic E-state index is 10.9. The van der Waals surface area contributed by atoms with Gasteiger partial charge < -0.3 is 15.8 Å². The molecule has 0 aliphatic heterocycles. The van der Waals surface area contributed by atoms with Crippen LogP contribution < -0.4 is 15.8 Å². The van der Waals surface area contributed by atoms with E-state index in [4.69, 9.17) is 15.7 Å². The molecule has 1 aromatic carbocycles. The molecule has 1 rings (SSSR count). The van der Waals surface area contributed by atoms with Gasteiger partial charge in [-0.3, -0.25) is 4.79 Å². The number of amides is 1. The molecule has 0 radical (unpaired) electrons. The molecule has 78 valence electrons. The highest BCUT2D eigenvalue weighted by molar-refractivity contribution is 5.91. The molecule has 1 amide bonds. The van der Waals surface area contributed by atoms with Crippen LogP contribution in [-0.2, 0) is 4.79 Å². The van der Waals surface area contributed by atoms with Gasteiger partial charge in [0.15, 0.2) is 0 Å². The highest BCUT2D eigenvalue weighted by Crippen LogP contribution is 2.29. The van der Waals surface area contributed by atoms with E-state index in [0.29, 0.717) is 22.7 Å². The van der Waals surface area contributed by atoms with Crippen LogP contribution in [-0.4, -0.2) is 13.0 Å². The number of rotatable bonds is 2. The molecule has 0 spiro atoms. The number of hydrogen-bond acceptors (Lipinski definition) is 4. The molecule has 0 saturated carbocycles. The molecule has 5 nitrogen and oxygen atoms in total. The van der Waals surface area contributed by atoms with Crippen molar-refractivity contribution < 1.29 is 9.53 Å². The lowest BCUT2D eigenvalue weighted by atomic mass is 10.1.